The number of hydrogen-bond donors (Lipinski definition) is 2. The van der Waals surface area contributed by atoms with Gasteiger partial charge in [-0.3, -0.25) is 9.79 Å². The Morgan fingerprint density at radius 1 is 1.17 bits per heavy atom. The molecule has 0 aromatic heterocycles. The van der Waals surface area contributed by atoms with Gasteiger partial charge in [-0.1, -0.05) is 36.4 Å². The van der Waals surface area contributed by atoms with Gasteiger partial charge in [-0.2, -0.15) is 0 Å². The summed E-state index contributed by atoms with van der Waals surface area (Å²) in [4.78, 5) is 21.0. The minimum Gasteiger partial charge on any atom is -0.369 e. The highest BCUT2D eigenvalue weighted by Crippen LogP contribution is 2.22. The summed E-state index contributed by atoms with van der Waals surface area (Å²) >= 11 is 0. The zero-order valence-electron chi connectivity index (χ0n) is 18.4. The molecule has 3 rings (SSSR count). The first-order valence-electron chi connectivity index (χ1n) is 11.5. The zero-order valence-corrected chi connectivity index (χ0v) is 18.4. The molecule has 30 heavy (non-hydrogen) atoms. The molecule has 0 atom stereocenters. The van der Waals surface area contributed by atoms with E-state index in [1.54, 1.807) is 0 Å². The zero-order chi connectivity index (χ0) is 21.2. The monoisotopic (exact) mass is 411 g/mol. The highest BCUT2D eigenvalue weighted by Gasteiger charge is 2.22. The minimum absolute atomic E-state index is 0.0783. The van der Waals surface area contributed by atoms with Crippen molar-refractivity contribution in [3.8, 4) is 0 Å². The summed E-state index contributed by atoms with van der Waals surface area (Å²) in [6.45, 7) is 8.84. The SMILES string of the molecule is CCNC(=NCCCCN1CCC(C(N)=O)CC1)N1CC=C(c2ccccc2)CC1. The maximum Gasteiger partial charge on any atom is 0.220 e. The number of primary amides is 1. The van der Waals surface area contributed by atoms with Crippen LogP contribution in [-0.2, 0) is 4.79 Å². The number of carbonyl (C=O) groups excluding carboxylic acids is 1. The predicted molar refractivity (Wildman–Crippen MR) is 124 cm³/mol. The normalized spacial score (nSPS) is 18.9. The Bertz CT molecular complexity index is 722. The lowest BCUT2D eigenvalue weighted by Crippen LogP contribution is -2.43. The second-order valence-electron chi connectivity index (χ2n) is 8.25. The van der Waals surface area contributed by atoms with Gasteiger partial charge in [0.1, 0.15) is 0 Å². The molecule has 0 aliphatic carbocycles. The summed E-state index contributed by atoms with van der Waals surface area (Å²) in [5, 5.41) is 3.46. The van der Waals surface area contributed by atoms with Crippen molar-refractivity contribution in [2.75, 3.05) is 45.8 Å². The number of nitrogens with zero attached hydrogens (tertiary/aromatic N) is 3. The van der Waals surface area contributed by atoms with Crippen molar-refractivity contribution >= 4 is 17.4 Å². The van der Waals surface area contributed by atoms with Crippen LogP contribution in [0, 0.1) is 5.92 Å². The molecular weight excluding hydrogens is 374 g/mol. The molecule has 3 N–H and O–H groups in total. The Morgan fingerprint density at radius 3 is 2.57 bits per heavy atom. The number of aliphatic imine (C=N–C) groups is 1. The van der Waals surface area contributed by atoms with Crippen molar-refractivity contribution in [1.29, 1.82) is 0 Å². The van der Waals surface area contributed by atoms with E-state index < -0.39 is 0 Å². The third kappa shape index (κ3) is 6.59. The number of nitrogens with two attached hydrogens (primary N) is 1. The summed E-state index contributed by atoms with van der Waals surface area (Å²) in [5.41, 5.74) is 8.18. The maximum atomic E-state index is 11.3. The molecule has 2 aliphatic heterocycles. The van der Waals surface area contributed by atoms with Gasteiger partial charge in [-0.15, -0.1) is 0 Å². The lowest BCUT2D eigenvalue weighted by molar-refractivity contribution is -0.123. The number of carbonyl (C=O) groups is 1. The van der Waals surface area contributed by atoms with Crippen molar-refractivity contribution in [3.05, 3.63) is 42.0 Å². The van der Waals surface area contributed by atoms with E-state index in [1.807, 2.05) is 0 Å². The Balaban J connectivity index is 1.41. The molecule has 0 saturated carbocycles. The van der Waals surface area contributed by atoms with Crippen molar-refractivity contribution in [2.24, 2.45) is 16.6 Å². The summed E-state index contributed by atoms with van der Waals surface area (Å²) in [6.07, 6.45) is 7.43. The van der Waals surface area contributed by atoms with E-state index in [2.05, 4.69) is 58.4 Å². The minimum atomic E-state index is -0.136. The topological polar surface area (TPSA) is 74.0 Å². The van der Waals surface area contributed by atoms with Crippen LogP contribution in [0.2, 0.25) is 0 Å². The van der Waals surface area contributed by atoms with Gasteiger partial charge in [-0.05, 0) is 69.8 Å². The van der Waals surface area contributed by atoms with E-state index in [9.17, 15) is 4.79 Å². The average Bonchev–Trinajstić information content (AvgIpc) is 2.79. The van der Waals surface area contributed by atoms with E-state index >= 15 is 0 Å². The molecule has 1 saturated heterocycles. The first kappa shape index (κ1) is 22.3. The van der Waals surface area contributed by atoms with E-state index in [-0.39, 0.29) is 11.8 Å². The molecule has 0 spiro atoms. The van der Waals surface area contributed by atoms with Crippen LogP contribution in [0.1, 0.15) is 44.6 Å². The second kappa shape index (κ2) is 11.7. The molecule has 0 unspecified atom stereocenters. The van der Waals surface area contributed by atoms with E-state index in [4.69, 9.17) is 10.7 Å². The highest BCUT2D eigenvalue weighted by molar-refractivity contribution is 5.81. The molecule has 2 heterocycles. The number of hydrogen-bond acceptors (Lipinski definition) is 3. The molecule has 0 bridgehead atoms. The molecular formula is C24H37N5O. The second-order valence-corrected chi connectivity index (χ2v) is 8.25. The molecule has 6 heteroatoms. The van der Waals surface area contributed by atoms with Crippen LogP contribution in [0.15, 0.2) is 41.4 Å². The first-order valence-corrected chi connectivity index (χ1v) is 11.5. The molecule has 6 nitrogen and oxygen atoms in total. The number of nitrogens with one attached hydrogen (secondary N) is 1. The van der Waals surface area contributed by atoms with Gasteiger partial charge in [0.25, 0.3) is 0 Å². The number of amides is 1. The largest absolute Gasteiger partial charge is 0.369 e. The smallest absolute Gasteiger partial charge is 0.220 e. The predicted octanol–water partition coefficient (Wildman–Crippen LogP) is 2.72. The molecule has 1 fully saturated rings. The summed E-state index contributed by atoms with van der Waals surface area (Å²) in [6, 6.07) is 10.7. The quantitative estimate of drug-likeness (QED) is 0.392. The fourth-order valence-corrected chi connectivity index (χ4v) is 4.28. The number of guanidine groups is 1. The fraction of sp³-hybridized carbons (Fsp3) is 0.583. The molecule has 0 radical (unpaired) electrons. The third-order valence-corrected chi connectivity index (χ3v) is 6.12. The van der Waals surface area contributed by atoms with Gasteiger partial charge in [0.05, 0.1) is 0 Å². The van der Waals surface area contributed by atoms with Gasteiger partial charge < -0.3 is 20.9 Å². The molecule has 164 valence electrons. The van der Waals surface area contributed by atoms with Crippen LogP contribution >= 0.6 is 0 Å². The van der Waals surface area contributed by atoms with Crippen LogP contribution in [-0.4, -0.2) is 67.5 Å². The summed E-state index contributed by atoms with van der Waals surface area (Å²) < 4.78 is 0. The van der Waals surface area contributed by atoms with Crippen molar-refractivity contribution in [1.82, 2.24) is 15.1 Å². The Labute approximate surface area is 181 Å². The maximum absolute atomic E-state index is 11.3. The average molecular weight is 412 g/mol. The Morgan fingerprint density at radius 2 is 1.93 bits per heavy atom. The lowest BCUT2D eigenvalue weighted by Gasteiger charge is -2.30. The fourth-order valence-electron chi connectivity index (χ4n) is 4.28. The third-order valence-electron chi connectivity index (χ3n) is 6.12. The Hall–Kier alpha value is -2.34. The summed E-state index contributed by atoms with van der Waals surface area (Å²) in [5.74, 6) is 0.973. The van der Waals surface area contributed by atoms with Crippen LogP contribution in [0.5, 0.6) is 0 Å². The van der Waals surface area contributed by atoms with E-state index in [1.165, 1.54) is 11.1 Å². The molecule has 1 amide bonds. The number of likely N-dealkylation sites (tertiary alicyclic amines) is 1. The van der Waals surface area contributed by atoms with Gasteiger partial charge >= 0.3 is 0 Å². The van der Waals surface area contributed by atoms with Crippen molar-refractivity contribution < 1.29 is 4.79 Å². The number of piperidine rings is 1. The molecule has 1 aromatic rings. The Kier molecular flexibility index (Phi) is 8.75. The van der Waals surface area contributed by atoms with Crippen molar-refractivity contribution in [2.45, 2.75) is 39.0 Å². The van der Waals surface area contributed by atoms with Gasteiger partial charge in [0.2, 0.25) is 5.91 Å². The number of rotatable bonds is 8. The van der Waals surface area contributed by atoms with Crippen LogP contribution in [0.25, 0.3) is 5.57 Å². The van der Waals surface area contributed by atoms with Crippen LogP contribution < -0.4 is 11.1 Å². The molecule has 2 aliphatic rings. The van der Waals surface area contributed by atoms with Crippen LogP contribution in [0.4, 0.5) is 0 Å². The standard InChI is InChI=1S/C24H37N5O/c1-2-26-24(29-18-12-21(13-19-29)20-8-4-3-5-9-20)27-14-6-7-15-28-16-10-22(11-17-28)23(25)30/h3-5,8-9,12,22H,2,6-7,10-11,13-19H2,1H3,(H2,25,30)(H,26,27). The highest BCUT2D eigenvalue weighted by atomic mass is 16.1. The number of benzene rings is 1. The van der Waals surface area contributed by atoms with E-state index in [0.29, 0.717) is 0 Å². The first-order chi connectivity index (χ1) is 14.7. The van der Waals surface area contributed by atoms with Gasteiger partial charge in [0, 0.05) is 32.1 Å². The number of unbranched alkanes of at least 4 members (excludes halogenated alkanes) is 1. The van der Waals surface area contributed by atoms with Crippen LogP contribution in [0.3, 0.4) is 0 Å². The van der Waals surface area contributed by atoms with Gasteiger partial charge in [0.15, 0.2) is 5.96 Å². The summed E-state index contributed by atoms with van der Waals surface area (Å²) in [7, 11) is 0. The van der Waals surface area contributed by atoms with Gasteiger partial charge in [-0.25, -0.2) is 0 Å². The van der Waals surface area contributed by atoms with E-state index in [0.717, 1.165) is 83.9 Å². The molecule has 1 aromatic carbocycles. The van der Waals surface area contributed by atoms with Crippen molar-refractivity contribution in [3.63, 3.8) is 0 Å². The lowest BCUT2D eigenvalue weighted by atomic mass is 9.96.